The molecule has 2 rings (SSSR count). The Balaban J connectivity index is 2.16. The number of aliphatic hydroxyl groups excluding tert-OH is 1. The molecule has 104 valence electrons. The molecule has 19 heavy (non-hydrogen) atoms. The second kappa shape index (κ2) is 6.06. The number of halogens is 1. The van der Waals surface area contributed by atoms with Gasteiger partial charge >= 0.3 is 0 Å². The predicted octanol–water partition coefficient (Wildman–Crippen LogP) is 3.13. The van der Waals surface area contributed by atoms with Crippen LogP contribution in [0.4, 0.5) is 0 Å². The largest absolute Gasteiger partial charge is 0.393 e. The lowest BCUT2D eigenvalue weighted by Gasteiger charge is -2.26. The molecule has 0 aromatic heterocycles. The first-order valence-corrected chi connectivity index (χ1v) is 7.53. The minimum absolute atomic E-state index is 0.0822. The van der Waals surface area contributed by atoms with Gasteiger partial charge in [-0.1, -0.05) is 15.9 Å². The van der Waals surface area contributed by atoms with Crippen LogP contribution in [0.3, 0.4) is 0 Å². The van der Waals surface area contributed by atoms with Gasteiger partial charge in [-0.2, -0.15) is 0 Å². The van der Waals surface area contributed by atoms with E-state index in [1.807, 2.05) is 30.0 Å². The number of benzene rings is 1. The molecule has 3 nitrogen and oxygen atoms in total. The van der Waals surface area contributed by atoms with Gasteiger partial charge in [0.15, 0.2) is 0 Å². The van der Waals surface area contributed by atoms with Crippen LogP contribution in [0.25, 0.3) is 0 Å². The van der Waals surface area contributed by atoms with Gasteiger partial charge in [0, 0.05) is 22.6 Å². The summed E-state index contributed by atoms with van der Waals surface area (Å²) >= 11 is 3.45. The van der Waals surface area contributed by atoms with E-state index < -0.39 is 0 Å². The number of carbonyl (C=O) groups is 1. The molecule has 1 aromatic rings. The molecule has 1 heterocycles. The topological polar surface area (TPSA) is 40.5 Å². The van der Waals surface area contributed by atoms with Gasteiger partial charge in [-0.05, 0) is 56.9 Å². The molecule has 2 unspecified atom stereocenters. The summed E-state index contributed by atoms with van der Waals surface area (Å²) in [5.41, 5.74) is 1.80. The zero-order valence-electron chi connectivity index (χ0n) is 11.4. The van der Waals surface area contributed by atoms with E-state index in [2.05, 4.69) is 15.9 Å². The van der Waals surface area contributed by atoms with Gasteiger partial charge in [0.25, 0.3) is 5.91 Å². The molecular weight excluding hydrogens is 306 g/mol. The van der Waals surface area contributed by atoms with Crippen LogP contribution in [0.2, 0.25) is 0 Å². The minimum Gasteiger partial charge on any atom is -0.393 e. The molecule has 1 aliphatic rings. The summed E-state index contributed by atoms with van der Waals surface area (Å²) in [6, 6.07) is 5.88. The first kappa shape index (κ1) is 14.5. The summed E-state index contributed by atoms with van der Waals surface area (Å²) in [6.07, 6.45) is 2.33. The van der Waals surface area contributed by atoms with E-state index >= 15 is 0 Å². The van der Waals surface area contributed by atoms with Crippen molar-refractivity contribution in [3.63, 3.8) is 0 Å². The number of nitrogens with zero attached hydrogens (tertiary/aromatic N) is 1. The Labute approximate surface area is 122 Å². The number of carbonyl (C=O) groups excluding carboxylic acids is 1. The van der Waals surface area contributed by atoms with Crippen LogP contribution >= 0.6 is 15.9 Å². The molecule has 1 aromatic carbocycles. The number of hydrogen-bond donors (Lipinski definition) is 1. The molecule has 1 amide bonds. The third-order valence-corrected chi connectivity index (χ3v) is 4.55. The number of likely N-dealkylation sites (tertiary alicyclic amines) is 1. The second-order valence-electron chi connectivity index (χ2n) is 5.34. The van der Waals surface area contributed by atoms with Gasteiger partial charge in [0.1, 0.15) is 0 Å². The maximum absolute atomic E-state index is 12.5. The zero-order valence-corrected chi connectivity index (χ0v) is 13.0. The smallest absolute Gasteiger partial charge is 0.254 e. The lowest BCUT2D eigenvalue weighted by Crippen LogP contribution is -2.37. The molecule has 4 heteroatoms. The highest BCUT2D eigenvalue weighted by molar-refractivity contribution is 9.10. The first-order valence-electron chi connectivity index (χ1n) is 6.74. The van der Waals surface area contributed by atoms with E-state index in [9.17, 15) is 9.90 Å². The molecule has 2 atom stereocenters. The van der Waals surface area contributed by atoms with Gasteiger partial charge in [0.2, 0.25) is 0 Å². The van der Waals surface area contributed by atoms with Crippen LogP contribution in [0, 0.1) is 6.92 Å². The van der Waals surface area contributed by atoms with Crippen molar-refractivity contribution in [1.29, 1.82) is 0 Å². The van der Waals surface area contributed by atoms with Crippen LogP contribution in [-0.2, 0) is 0 Å². The van der Waals surface area contributed by atoms with E-state index in [0.717, 1.165) is 35.0 Å². The summed E-state index contributed by atoms with van der Waals surface area (Å²) < 4.78 is 1.02. The van der Waals surface area contributed by atoms with E-state index in [-0.39, 0.29) is 18.1 Å². The predicted molar refractivity (Wildman–Crippen MR) is 79.2 cm³/mol. The van der Waals surface area contributed by atoms with Crippen molar-refractivity contribution in [2.45, 2.75) is 45.3 Å². The fourth-order valence-corrected chi connectivity index (χ4v) is 2.93. The standard InChI is InChI=1S/C15H20BrNO2/c1-10-8-12(5-6-14(10)16)15(19)17-7-3-4-13(17)9-11(2)18/h5-6,8,11,13,18H,3-4,7,9H2,1-2H3. The molecule has 1 N–H and O–H groups in total. The molecule has 1 fully saturated rings. The van der Waals surface area contributed by atoms with Gasteiger partial charge in [-0.3, -0.25) is 4.79 Å². The van der Waals surface area contributed by atoms with E-state index in [4.69, 9.17) is 0 Å². The third kappa shape index (κ3) is 3.37. The first-order chi connectivity index (χ1) is 8.99. The Hall–Kier alpha value is -0.870. The normalized spacial score (nSPS) is 20.6. The van der Waals surface area contributed by atoms with Crippen LogP contribution in [-0.4, -0.2) is 34.6 Å². The lowest BCUT2D eigenvalue weighted by atomic mass is 10.1. The summed E-state index contributed by atoms with van der Waals surface area (Å²) in [5, 5.41) is 9.52. The minimum atomic E-state index is -0.356. The van der Waals surface area contributed by atoms with Crippen molar-refractivity contribution in [1.82, 2.24) is 4.90 Å². The SMILES string of the molecule is Cc1cc(C(=O)N2CCCC2CC(C)O)ccc1Br. The van der Waals surface area contributed by atoms with Gasteiger partial charge in [-0.25, -0.2) is 0 Å². The average molecular weight is 326 g/mol. The van der Waals surface area contributed by atoms with Crippen LogP contribution in [0.15, 0.2) is 22.7 Å². The summed E-state index contributed by atoms with van der Waals surface area (Å²) in [7, 11) is 0. The molecule has 0 bridgehead atoms. The van der Waals surface area contributed by atoms with Crippen LogP contribution in [0.5, 0.6) is 0 Å². The van der Waals surface area contributed by atoms with E-state index in [0.29, 0.717) is 6.42 Å². The van der Waals surface area contributed by atoms with Crippen molar-refractivity contribution in [3.8, 4) is 0 Å². The Morgan fingerprint density at radius 2 is 2.32 bits per heavy atom. The average Bonchev–Trinajstić information content (AvgIpc) is 2.79. The maximum Gasteiger partial charge on any atom is 0.254 e. The van der Waals surface area contributed by atoms with E-state index in [1.54, 1.807) is 6.92 Å². The van der Waals surface area contributed by atoms with Gasteiger partial charge < -0.3 is 10.0 Å². The number of aliphatic hydroxyl groups is 1. The third-order valence-electron chi connectivity index (χ3n) is 3.66. The molecule has 0 aliphatic carbocycles. The number of hydrogen-bond acceptors (Lipinski definition) is 2. The Bertz CT molecular complexity index is 473. The van der Waals surface area contributed by atoms with Gasteiger partial charge in [-0.15, -0.1) is 0 Å². The fraction of sp³-hybridized carbons (Fsp3) is 0.533. The summed E-state index contributed by atoms with van der Waals surface area (Å²) in [4.78, 5) is 14.4. The number of aryl methyl sites for hydroxylation is 1. The lowest BCUT2D eigenvalue weighted by molar-refractivity contribution is 0.0682. The second-order valence-corrected chi connectivity index (χ2v) is 6.20. The molecule has 1 aliphatic heterocycles. The summed E-state index contributed by atoms with van der Waals surface area (Å²) in [5.74, 6) is 0.0822. The monoisotopic (exact) mass is 325 g/mol. The van der Waals surface area contributed by atoms with Crippen molar-refractivity contribution in [3.05, 3.63) is 33.8 Å². The maximum atomic E-state index is 12.5. The quantitative estimate of drug-likeness (QED) is 0.927. The Kier molecular flexibility index (Phi) is 4.63. The van der Waals surface area contributed by atoms with E-state index in [1.165, 1.54) is 0 Å². The van der Waals surface area contributed by atoms with Crippen molar-refractivity contribution in [2.75, 3.05) is 6.54 Å². The van der Waals surface area contributed by atoms with Crippen LogP contribution < -0.4 is 0 Å². The highest BCUT2D eigenvalue weighted by Crippen LogP contribution is 2.25. The van der Waals surface area contributed by atoms with Gasteiger partial charge in [0.05, 0.1) is 6.10 Å². The van der Waals surface area contributed by atoms with Crippen LogP contribution in [0.1, 0.15) is 42.1 Å². The Morgan fingerprint density at radius 3 is 2.95 bits per heavy atom. The molecule has 0 spiro atoms. The fourth-order valence-electron chi connectivity index (χ4n) is 2.69. The van der Waals surface area contributed by atoms with Crippen molar-refractivity contribution < 1.29 is 9.90 Å². The zero-order chi connectivity index (χ0) is 14.0. The molecule has 1 saturated heterocycles. The highest BCUT2D eigenvalue weighted by atomic mass is 79.9. The summed E-state index contributed by atoms with van der Waals surface area (Å²) in [6.45, 7) is 4.56. The Morgan fingerprint density at radius 1 is 1.58 bits per heavy atom. The number of amides is 1. The molecular formula is C15H20BrNO2. The van der Waals surface area contributed by atoms with Crippen molar-refractivity contribution >= 4 is 21.8 Å². The number of rotatable bonds is 3. The molecule has 0 saturated carbocycles. The molecule has 0 radical (unpaired) electrons. The van der Waals surface area contributed by atoms with Crippen molar-refractivity contribution in [2.24, 2.45) is 0 Å². The highest BCUT2D eigenvalue weighted by Gasteiger charge is 2.30.